The van der Waals surface area contributed by atoms with Crippen LogP contribution in [0.4, 0.5) is 5.69 Å². The van der Waals surface area contributed by atoms with Crippen molar-refractivity contribution in [1.82, 2.24) is 9.80 Å². The summed E-state index contributed by atoms with van der Waals surface area (Å²) in [7, 11) is 0. The second-order valence-electron chi connectivity index (χ2n) is 10.6. The van der Waals surface area contributed by atoms with Crippen LogP contribution in [0.2, 0.25) is 0 Å². The minimum absolute atomic E-state index is 0.0334. The van der Waals surface area contributed by atoms with Crippen LogP contribution < -0.4 is 4.90 Å². The lowest BCUT2D eigenvalue weighted by Crippen LogP contribution is -2.75. The van der Waals surface area contributed by atoms with Crippen LogP contribution in [0.3, 0.4) is 0 Å². The monoisotopic (exact) mass is 453 g/mol. The number of imide groups is 1. The maximum atomic E-state index is 14.0. The minimum atomic E-state index is -0.710. The number of nitrogens with zero attached hydrogens (tertiary/aromatic N) is 3. The molecule has 4 bridgehead atoms. The highest BCUT2D eigenvalue weighted by molar-refractivity contribution is 6.24. The van der Waals surface area contributed by atoms with E-state index in [1.165, 1.54) is 10.5 Å². The molecule has 5 heterocycles. The Hall–Kier alpha value is -3.25. The lowest BCUT2D eigenvalue weighted by atomic mass is 9.54. The highest BCUT2D eigenvalue weighted by Gasteiger charge is 2.71. The van der Waals surface area contributed by atoms with E-state index in [0.717, 1.165) is 26.1 Å². The van der Waals surface area contributed by atoms with E-state index in [0.29, 0.717) is 18.2 Å². The van der Waals surface area contributed by atoms with Gasteiger partial charge in [0.1, 0.15) is 0 Å². The molecule has 2 aromatic rings. The number of carbonyl (C=O) groups is 3. The van der Waals surface area contributed by atoms with Gasteiger partial charge in [0.15, 0.2) is 0 Å². The fourth-order valence-corrected chi connectivity index (χ4v) is 7.57. The Kier molecular flexibility index (Phi) is 4.22. The van der Waals surface area contributed by atoms with E-state index in [1.54, 1.807) is 12.1 Å². The topological polar surface area (TPSA) is 60.9 Å². The summed E-state index contributed by atoms with van der Waals surface area (Å²) in [4.78, 5) is 47.0. The van der Waals surface area contributed by atoms with Gasteiger partial charge in [0.05, 0.1) is 29.0 Å². The summed E-state index contributed by atoms with van der Waals surface area (Å²) in [6.45, 7) is 3.30. The smallest absolute Gasteiger partial charge is 0.240 e. The number of anilines is 1. The molecule has 6 aliphatic rings. The number of amides is 3. The van der Waals surface area contributed by atoms with Gasteiger partial charge in [-0.05, 0) is 36.0 Å². The Labute approximate surface area is 198 Å². The lowest BCUT2D eigenvalue weighted by Gasteiger charge is -2.64. The minimum Gasteiger partial charge on any atom is -0.332 e. The van der Waals surface area contributed by atoms with Crippen molar-refractivity contribution in [2.75, 3.05) is 24.5 Å². The van der Waals surface area contributed by atoms with Crippen molar-refractivity contribution in [1.29, 1.82) is 0 Å². The van der Waals surface area contributed by atoms with Crippen LogP contribution in [0.25, 0.3) is 0 Å². The number of hydrogen-bond acceptors (Lipinski definition) is 4. The van der Waals surface area contributed by atoms with Gasteiger partial charge < -0.3 is 4.90 Å². The van der Waals surface area contributed by atoms with Crippen molar-refractivity contribution < 1.29 is 14.4 Å². The highest BCUT2D eigenvalue weighted by atomic mass is 16.2. The largest absolute Gasteiger partial charge is 0.332 e. The zero-order valence-corrected chi connectivity index (χ0v) is 18.9. The summed E-state index contributed by atoms with van der Waals surface area (Å²) in [5.41, 5.74) is 1.17. The molecule has 0 saturated carbocycles. The summed E-state index contributed by atoms with van der Waals surface area (Å²) < 4.78 is 0. The molecule has 8 rings (SSSR count). The molecule has 2 unspecified atom stereocenters. The van der Waals surface area contributed by atoms with Crippen LogP contribution >= 0.6 is 0 Å². The fraction of sp³-hybridized carbons (Fsp3) is 0.393. The zero-order chi connectivity index (χ0) is 23.0. The molecule has 4 saturated heterocycles. The third-order valence-corrected chi connectivity index (χ3v) is 8.80. The molecule has 6 heteroatoms. The van der Waals surface area contributed by atoms with Gasteiger partial charge in [-0.2, -0.15) is 0 Å². The quantitative estimate of drug-likeness (QED) is 0.530. The van der Waals surface area contributed by atoms with E-state index >= 15 is 0 Å². The van der Waals surface area contributed by atoms with E-state index in [-0.39, 0.29) is 23.6 Å². The fourth-order valence-electron chi connectivity index (χ4n) is 7.57. The Bertz CT molecular complexity index is 1210. The molecule has 0 aromatic heterocycles. The standard InChI is InChI=1S/C28H27N3O3/c32-25-22-11-12-28(24-23(22)26(33)31(27(24)34)21-9-5-2-6-10-21)20-13-19(16-30(25)28)15-29(17-20)14-18-7-3-1-4-8-18/h1-12,19-20,22-24H,13-17H2/t19?,20?,22-,23+,24-,28-/m1/s1. The Morgan fingerprint density at radius 3 is 2.32 bits per heavy atom. The Morgan fingerprint density at radius 1 is 0.824 bits per heavy atom. The maximum absolute atomic E-state index is 14.0. The van der Waals surface area contributed by atoms with Crippen LogP contribution in [0.5, 0.6) is 0 Å². The lowest BCUT2D eigenvalue weighted by molar-refractivity contribution is -0.177. The molecular weight excluding hydrogens is 426 g/mol. The SMILES string of the molecule is O=C1[C@H]2[C@H]3C=C[C@@]4(C5CC(CN(Cc6ccccc6)C5)CN4C3=O)[C@H]2C(=O)N1c1ccccc1. The van der Waals surface area contributed by atoms with Gasteiger partial charge in [-0.1, -0.05) is 60.7 Å². The molecule has 4 fully saturated rings. The van der Waals surface area contributed by atoms with Crippen molar-refractivity contribution in [3.05, 3.63) is 78.4 Å². The summed E-state index contributed by atoms with van der Waals surface area (Å²) in [5.74, 6) is -1.44. The first kappa shape index (κ1) is 20.2. The summed E-state index contributed by atoms with van der Waals surface area (Å²) in [5, 5.41) is 0. The van der Waals surface area contributed by atoms with Crippen molar-refractivity contribution in [3.8, 4) is 0 Å². The molecule has 5 aliphatic heterocycles. The molecule has 1 spiro atoms. The molecule has 34 heavy (non-hydrogen) atoms. The third kappa shape index (κ3) is 2.57. The van der Waals surface area contributed by atoms with E-state index in [4.69, 9.17) is 0 Å². The van der Waals surface area contributed by atoms with E-state index in [9.17, 15) is 14.4 Å². The van der Waals surface area contributed by atoms with E-state index in [1.807, 2.05) is 35.2 Å². The zero-order valence-electron chi connectivity index (χ0n) is 18.9. The molecule has 172 valence electrons. The second-order valence-corrected chi connectivity index (χ2v) is 10.6. The van der Waals surface area contributed by atoms with Crippen molar-refractivity contribution >= 4 is 23.4 Å². The molecule has 0 N–H and O–H groups in total. The third-order valence-electron chi connectivity index (χ3n) is 8.80. The number of likely N-dealkylation sites (tertiary alicyclic amines) is 1. The predicted molar refractivity (Wildman–Crippen MR) is 126 cm³/mol. The van der Waals surface area contributed by atoms with Crippen molar-refractivity contribution in [2.45, 2.75) is 18.5 Å². The summed E-state index contributed by atoms with van der Waals surface area (Å²) in [6, 6.07) is 19.6. The van der Waals surface area contributed by atoms with Crippen molar-refractivity contribution in [3.63, 3.8) is 0 Å². The van der Waals surface area contributed by atoms with Gasteiger partial charge in [-0.15, -0.1) is 0 Å². The van der Waals surface area contributed by atoms with Gasteiger partial charge in [0, 0.05) is 26.2 Å². The molecule has 6 nitrogen and oxygen atoms in total. The van der Waals surface area contributed by atoms with Crippen LogP contribution in [-0.2, 0) is 20.9 Å². The molecule has 0 radical (unpaired) electrons. The normalized spacial score (nSPS) is 36.1. The maximum Gasteiger partial charge on any atom is 0.240 e. The number of para-hydroxylation sites is 1. The first-order valence-corrected chi connectivity index (χ1v) is 12.3. The Balaban J connectivity index is 1.28. The van der Waals surface area contributed by atoms with Crippen molar-refractivity contribution in [2.24, 2.45) is 29.6 Å². The van der Waals surface area contributed by atoms with Crippen LogP contribution in [-0.4, -0.2) is 52.7 Å². The number of piperidine rings is 3. The average Bonchev–Trinajstić information content (AvgIpc) is 3.13. The number of fused-ring (bicyclic) bond motifs is 2. The second kappa shape index (κ2) is 7.12. The number of hydrogen-bond donors (Lipinski definition) is 0. The molecule has 6 atom stereocenters. The first-order valence-electron chi connectivity index (χ1n) is 12.3. The van der Waals surface area contributed by atoms with E-state index in [2.05, 4.69) is 35.2 Å². The number of benzene rings is 2. The molecule has 2 aromatic carbocycles. The molecule has 1 aliphatic carbocycles. The highest BCUT2D eigenvalue weighted by Crippen LogP contribution is 2.58. The summed E-state index contributed by atoms with van der Waals surface area (Å²) >= 11 is 0. The Morgan fingerprint density at radius 2 is 1.56 bits per heavy atom. The number of carbonyl (C=O) groups excluding carboxylic acids is 3. The van der Waals surface area contributed by atoms with E-state index < -0.39 is 23.3 Å². The molecule has 3 amide bonds. The van der Waals surface area contributed by atoms with Gasteiger partial charge in [-0.25, -0.2) is 4.90 Å². The predicted octanol–water partition coefficient (Wildman–Crippen LogP) is 2.71. The first-order chi connectivity index (χ1) is 16.6. The summed E-state index contributed by atoms with van der Waals surface area (Å²) in [6.07, 6.45) is 5.06. The van der Waals surface area contributed by atoms with Gasteiger partial charge >= 0.3 is 0 Å². The van der Waals surface area contributed by atoms with Gasteiger partial charge in [0.25, 0.3) is 0 Å². The van der Waals surface area contributed by atoms with Gasteiger partial charge in [0.2, 0.25) is 17.7 Å². The van der Waals surface area contributed by atoms with Gasteiger partial charge in [-0.3, -0.25) is 19.3 Å². The molecular formula is C28H27N3O3. The van der Waals surface area contributed by atoms with Crippen LogP contribution in [0, 0.1) is 29.6 Å². The number of rotatable bonds is 3. The van der Waals surface area contributed by atoms with Crippen LogP contribution in [0.1, 0.15) is 12.0 Å². The average molecular weight is 454 g/mol. The van der Waals surface area contributed by atoms with Crippen LogP contribution in [0.15, 0.2) is 72.8 Å².